The van der Waals surface area contributed by atoms with Crippen molar-refractivity contribution in [2.75, 3.05) is 11.9 Å². The molecule has 3 nitrogen and oxygen atoms in total. The lowest BCUT2D eigenvalue weighted by Crippen LogP contribution is -2.19. The molecule has 0 amide bonds. The van der Waals surface area contributed by atoms with Crippen molar-refractivity contribution in [3.63, 3.8) is 0 Å². The highest BCUT2D eigenvalue weighted by molar-refractivity contribution is 5.58. The van der Waals surface area contributed by atoms with Gasteiger partial charge in [-0.05, 0) is 31.5 Å². The number of hydrogen-bond acceptors (Lipinski definition) is 3. The van der Waals surface area contributed by atoms with Gasteiger partial charge in [0.1, 0.15) is 0 Å². The molecule has 0 aromatic heterocycles. The molecule has 1 N–H and O–H groups in total. The maximum absolute atomic E-state index is 9.92. The van der Waals surface area contributed by atoms with Crippen LogP contribution >= 0.6 is 0 Å². The minimum absolute atomic E-state index is 0.562. The Kier molecular flexibility index (Phi) is 4.62. The van der Waals surface area contributed by atoms with Gasteiger partial charge in [0.25, 0.3) is 0 Å². The summed E-state index contributed by atoms with van der Waals surface area (Å²) in [5, 5.41) is 19.0. The Morgan fingerprint density at radius 3 is 2.62 bits per heavy atom. The minimum atomic E-state index is -0.562. The van der Waals surface area contributed by atoms with Crippen LogP contribution in [0.3, 0.4) is 0 Å². The van der Waals surface area contributed by atoms with Gasteiger partial charge in [-0.1, -0.05) is 35.9 Å². The molecule has 108 valence electrons. The summed E-state index contributed by atoms with van der Waals surface area (Å²) >= 11 is 0. The molecule has 0 saturated carbocycles. The zero-order valence-corrected chi connectivity index (χ0v) is 12.7. The predicted octanol–water partition coefficient (Wildman–Crippen LogP) is 3.56. The third kappa shape index (κ3) is 3.62. The lowest BCUT2D eigenvalue weighted by Gasteiger charge is -2.24. The molecule has 0 radical (unpaired) electrons. The van der Waals surface area contributed by atoms with Crippen LogP contribution in [0.4, 0.5) is 5.69 Å². The van der Waals surface area contributed by atoms with Crippen molar-refractivity contribution in [1.29, 1.82) is 5.26 Å². The topological polar surface area (TPSA) is 47.3 Å². The van der Waals surface area contributed by atoms with Crippen LogP contribution in [0.5, 0.6) is 0 Å². The van der Waals surface area contributed by atoms with Crippen molar-refractivity contribution in [2.24, 2.45) is 0 Å². The van der Waals surface area contributed by atoms with Crippen LogP contribution in [0, 0.1) is 18.3 Å². The summed E-state index contributed by atoms with van der Waals surface area (Å²) in [6.07, 6.45) is -0.562. The summed E-state index contributed by atoms with van der Waals surface area (Å²) in [4.78, 5) is 2.07. The van der Waals surface area contributed by atoms with Crippen molar-refractivity contribution in [2.45, 2.75) is 26.5 Å². The zero-order chi connectivity index (χ0) is 15.4. The third-order valence-electron chi connectivity index (χ3n) is 3.52. The Balaban J connectivity index is 2.33. The summed E-state index contributed by atoms with van der Waals surface area (Å²) in [6.45, 7) is 4.54. The highest BCUT2D eigenvalue weighted by Crippen LogP contribution is 2.28. The van der Waals surface area contributed by atoms with E-state index in [0.717, 1.165) is 17.8 Å². The van der Waals surface area contributed by atoms with E-state index in [9.17, 15) is 5.11 Å². The van der Waals surface area contributed by atoms with Crippen molar-refractivity contribution in [3.05, 3.63) is 64.7 Å². The maximum atomic E-state index is 9.92. The number of aliphatic hydroxyl groups is 1. The molecule has 2 rings (SSSR count). The van der Waals surface area contributed by atoms with E-state index in [1.54, 1.807) is 13.0 Å². The molecule has 0 aliphatic carbocycles. The fourth-order valence-electron chi connectivity index (χ4n) is 2.47. The smallest absolute Gasteiger partial charge is 0.0992 e. The molecule has 0 spiro atoms. The monoisotopic (exact) mass is 280 g/mol. The lowest BCUT2D eigenvalue weighted by atomic mass is 10.0. The van der Waals surface area contributed by atoms with Gasteiger partial charge in [0.15, 0.2) is 0 Å². The normalized spacial score (nSPS) is 11.8. The van der Waals surface area contributed by atoms with Crippen LogP contribution in [0.1, 0.15) is 35.3 Å². The van der Waals surface area contributed by atoms with Crippen LogP contribution in [0.15, 0.2) is 42.5 Å². The molecule has 3 heteroatoms. The van der Waals surface area contributed by atoms with E-state index in [-0.39, 0.29) is 0 Å². The fraction of sp³-hybridized carbons (Fsp3) is 0.278. The SMILES string of the molecule is Cc1cccc(CN(C)c2cc(C#N)ccc2[C@@H](C)O)c1. The van der Waals surface area contributed by atoms with Gasteiger partial charge in [-0.3, -0.25) is 0 Å². The first kappa shape index (κ1) is 15.1. The molecule has 0 saturated heterocycles. The zero-order valence-electron chi connectivity index (χ0n) is 12.7. The standard InChI is InChI=1S/C18H20N2O/c1-13-5-4-6-16(9-13)12-20(3)18-10-15(11-19)7-8-17(18)14(2)21/h4-10,14,21H,12H2,1-3H3/t14-/m1/s1. The molecular formula is C18H20N2O. The number of anilines is 1. The van der Waals surface area contributed by atoms with Gasteiger partial charge < -0.3 is 10.0 Å². The summed E-state index contributed by atoms with van der Waals surface area (Å²) in [5.74, 6) is 0. The number of benzene rings is 2. The highest BCUT2D eigenvalue weighted by atomic mass is 16.3. The second kappa shape index (κ2) is 6.43. The third-order valence-corrected chi connectivity index (χ3v) is 3.52. The van der Waals surface area contributed by atoms with Gasteiger partial charge >= 0.3 is 0 Å². The Morgan fingerprint density at radius 1 is 1.24 bits per heavy atom. The second-order valence-corrected chi connectivity index (χ2v) is 5.41. The molecule has 0 aliphatic rings. The number of nitrogens with zero attached hydrogens (tertiary/aromatic N) is 2. The molecule has 0 fully saturated rings. The van der Waals surface area contributed by atoms with Gasteiger partial charge in [-0.25, -0.2) is 0 Å². The molecule has 1 atom stereocenters. The van der Waals surface area contributed by atoms with Crippen LogP contribution in [-0.2, 0) is 6.54 Å². The first-order chi connectivity index (χ1) is 10.0. The Morgan fingerprint density at radius 2 is 2.00 bits per heavy atom. The second-order valence-electron chi connectivity index (χ2n) is 5.41. The lowest BCUT2D eigenvalue weighted by molar-refractivity contribution is 0.199. The number of hydrogen-bond donors (Lipinski definition) is 1. The quantitative estimate of drug-likeness (QED) is 0.931. The van der Waals surface area contributed by atoms with Gasteiger partial charge in [-0.15, -0.1) is 0 Å². The van der Waals surface area contributed by atoms with Crippen molar-refractivity contribution >= 4 is 5.69 Å². The average molecular weight is 280 g/mol. The van der Waals surface area contributed by atoms with Crippen LogP contribution in [0.25, 0.3) is 0 Å². The molecule has 0 aliphatic heterocycles. The molecule has 2 aromatic rings. The van der Waals surface area contributed by atoms with E-state index in [0.29, 0.717) is 5.56 Å². The summed E-state index contributed by atoms with van der Waals surface area (Å²) < 4.78 is 0. The first-order valence-electron chi connectivity index (χ1n) is 7.00. The van der Waals surface area contributed by atoms with E-state index in [1.165, 1.54) is 11.1 Å². The van der Waals surface area contributed by atoms with E-state index >= 15 is 0 Å². The number of rotatable bonds is 4. The van der Waals surface area contributed by atoms with Crippen LogP contribution in [-0.4, -0.2) is 12.2 Å². The number of aliphatic hydroxyl groups excluding tert-OH is 1. The summed E-state index contributed by atoms with van der Waals surface area (Å²) in [7, 11) is 1.98. The van der Waals surface area contributed by atoms with E-state index in [4.69, 9.17) is 5.26 Å². The largest absolute Gasteiger partial charge is 0.389 e. The van der Waals surface area contributed by atoms with Crippen LogP contribution in [0.2, 0.25) is 0 Å². The van der Waals surface area contributed by atoms with Gasteiger partial charge in [0.2, 0.25) is 0 Å². The van der Waals surface area contributed by atoms with E-state index < -0.39 is 6.10 Å². The number of aryl methyl sites for hydroxylation is 1. The van der Waals surface area contributed by atoms with Crippen molar-refractivity contribution in [3.8, 4) is 6.07 Å². The maximum Gasteiger partial charge on any atom is 0.0992 e. The molecule has 0 heterocycles. The first-order valence-corrected chi connectivity index (χ1v) is 7.00. The predicted molar refractivity (Wildman–Crippen MR) is 85.1 cm³/mol. The molecule has 0 bridgehead atoms. The fourth-order valence-corrected chi connectivity index (χ4v) is 2.47. The molecule has 21 heavy (non-hydrogen) atoms. The minimum Gasteiger partial charge on any atom is -0.389 e. The average Bonchev–Trinajstić information content (AvgIpc) is 2.46. The van der Waals surface area contributed by atoms with Crippen LogP contribution < -0.4 is 4.90 Å². The van der Waals surface area contributed by atoms with Gasteiger partial charge in [0.05, 0.1) is 17.7 Å². The molecular weight excluding hydrogens is 260 g/mol. The van der Waals surface area contributed by atoms with Crippen molar-refractivity contribution in [1.82, 2.24) is 0 Å². The van der Waals surface area contributed by atoms with Gasteiger partial charge in [-0.2, -0.15) is 5.26 Å². The highest BCUT2D eigenvalue weighted by Gasteiger charge is 2.13. The summed E-state index contributed by atoms with van der Waals surface area (Å²) in [5.41, 5.74) is 4.76. The summed E-state index contributed by atoms with van der Waals surface area (Å²) in [6, 6.07) is 15.9. The van der Waals surface area contributed by atoms with Gasteiger partial charge in [0, 0.05) is 24.8 Å². The Hall–Kier alpha value is -2.31. The van der Waals surface area contributed by atoms with E-state index in [2.05, 4.69) is 36.1 Å². The van der Waals surface area contributed by atoms with Crippen molar-refractivity contribution < 1.29 is 5.11 Å². The molecule has 2 aromatic carbocycles. The number of nitriles is 1. The van der Waals surface area contributed by atoms with E-state index in [1.807, 2.05) is 25.2 Å². The Bertz CT molecular complexity index is 671. The Labute approximate surface area is 126 Å². The molecule has 0 unspecified atom stereocenters.